The van der Waals surface area contributed by atoms with E-state index in [2.05, 4.69) is 15.4 Å². The van der Waals surface area contributed by atoms with Gasteiger partial charge in [0.25, 0.3) is 0 Å². The lowest BCUT2D eigenvalue weighted by Crippen LogP contribution is -2.41. The van der Waals surface area contributed by atoms with E-state index in [1.807, 2.05) is 6.07 Å². The van der Waals surface area contributed by atoms with Gasteiger partial charge < -0.3 is 15.4 Å². The number of nitriles is 1. The molecule has 0 heterocycles. The van der Waals surface area contributed by atoms with Crippen LogP contribution in [0.15, 0.2) is 30.3 Å². The van der Waals surface area contributed by atoms with E-state index in [1.165, 1.54) is 6.92 Å². The minimum Gasteiger partial charge on any atom is -0.449 e. The van der Waals surface area contributed by atoms with E-state index in [0.717, 1.165) is 0 Å². The molecule has 2 amide bonds. The third-order valence-electron chi connectivity index (χ3n) is 2.01. The summed E-state index contributed by atoms with van der Waals surface area (Å²) in [6, 6.07) is 9.17. The van der Waals surface area contributed by atoms with E-state index >= 15 is 0 Å². The lowest BCUT2D eigenvalue weighted by molar-refractivity contribution is -0.143. The molecule has 0 saturated heterocycles. The average molecular weight is 247 g/mol. The summed E-state index contributed by atoms with van der Waals surface area (Å²) < 4.78 is 4.56. The Morgan fingerprint density at radius 2 is 2.06 bits per heavy atom. The van der Waals surface area contributed by atoms with E-state index < -0.39 is 18.0 Å². The molecule has 0 aliphatic carbocycles. The zero-order chi connectivity index (χ0) is 13.4. The molecule has 18 heavy (non-hydrogen) atoms. The van der Waals surface area contributed by atoms with Gasteiger partial charge in [-0.05, 0) is 19.1 Å². The molecule has 1 atom stereocenters. The van der Waals surface area contributed by atoms with Crippen LogP contribution in [0.25, 0.3) is 0 Å². The second-order valence-electron chi connectivity index (χ2n) is 3.45. The maximum atomic E-state index is 11.5. The van der Waals surface area contributed by atoms with Gasteiger partial charge in [0.15, 0.2) is 6.61 Å². The van der Waals surface area contributed by atoms with Crippen LogP contribution < -0.4 is 10.6 Å². The van der Waals surface area contributed by atoms with E-state index in [4.69, 9.17) is 5.26 Å². The SMILES string of the molecule is C[C@H](NC(=O)Nc1ccccc1)C(=O)OCC#N. The molecule has 0 saturated carbocycles. The van der Waals surface area contributed by atoms with Crippen molar-refractivity contribution in [1.82, 2.24) is 5.32 Å². The van der Waals surface area contributed by atoms with Crippen LogP contribution in [-0.2, 0) is 9.53 Å². The first kappa shape index (κ1) is 13.5. The highest BCUT2D eigenvalue weighted by atomic mass is 16.5. The number of nitrogens with one attached hydrogen (secondary N) is 2. The highest BCUT2D eigenvalue weighted by Crippen LogP contribution is 2.04. The smallest absolute Gasteiger partial charge is 0.329 e. The van der Waals surface area contributed by atoms with E-state index in [-0.39, 0.29) is 6.61 Å². The number of benzene rings is 1. The Bertz CT molecular complexity index is 453. The summed E-state index contributed by atoms with van der Waals surface area (Å²) in [4.78, 5) is 22.8. The van der Waals surface area contributed by atoms with Crippen LogP contribution in [0, 0.1) is 11.3 Å². The summed E-state index contributed by atoms with van der Waals surface area (Å²) in [6.07, 6.45) is 0. The summed E-state index contributed by atoms with van der Waals surface area (Å²) in [5, 5.41) is 13.2. The van der Waals surface area contributed by atoms with Crippen LogP contribution in [-0.4, -0.2) is 24.6 Å². The number of ether oxygens (including phenoxy) is 1. The Morgan fingerprint density at radius 3 is 2.67 bits per heavy atom. The quantitative estimate of drug-likeness (QED) is 0.783. The molecule has 0 aromatic heterocycles. The van der Waals surface area contributed by atoms with Gasteiger partial charge >= 0.3 is 12.0 Å². The maximum Gasteiger partial charge on any atom is 0.329 e. The summed E-state index contributed by atoms with van der Waals surface area (Å²) in [5.74, 6) is -0.653. The molecule has 1 aromatic rings. The first-order valence-corrected chi connectivity index (χ1v) is 5.29. The number of anilines is 1. The Balaban J connectivity index is 2.41. The Morgan fingerprint density at radius 1 is 1.39 bits per heavy atom. The predicted molar refractivity (Wildman–Crippen MR) is 64.6 cm³/mol. The van der Waals surface area contributed by atoms with Crippen LogP contribution in [0.4, 0.5) is 10.5 Å². The van der Waals surface area contributed by atoms with Crippen LogP contribution in [0.1, 0.15) is 6.92 Å². The Kier molecular flexibility index (Phi) is 5.19. The van der Waals surface area contributed by atoms with E-state index in [0.29, 0.717) is 5.69 Å². The van der Waals surface area contributed by atoms with Gasteiger partial charge in [0, 0.05) is 5.69 Å². The monoisotopic (exact) mass is 247 g/mol. The molecule has 1 aromatic carbocycles. The van der Waals surface area contributed by atoms with Crippen molar-refractivity contribution in [3.63, 3.8) is 0 Å². The van der Waals surface area contributed by atoms with Gasteiger partial charge in [-0.2, -0.15) is 5.26 Å². The lowest BCUT2D eigenvalue weighted by atomic mass is 10.3. The molecule has 2 N–H and O–H groups in total. The Hall–Kier alpha value is -2.55. The highest BCUT2D eigenvalue weighted by Gasteiger charge is 2.16. The van der Waals surface area contributed by atoms with Gasteiger partial charge in [0.05, 0.1) is 0 Å². The number of carbonyl (C=O) groups is 2. The largest absolute Gasteiger partial charge is 0.449 e. The number of urea groups is 1. The van der Waals surface area contributed by atoms with Crippen molar-refractivity contribution in [2.24, 2.45) is 0 Å². The number of carbonyl (C=O) groups excluding carboxylic acids is 2. The first-order chi connectivity index (χ1) is 8.63. The second-order valence-corrected chi connectivity index (χ2v) is 3.45. The molecule has 0 spiro atoms. The van der Waals surface area contributed by atoms with Gasteiger partial charge in [-0.25, -0.2) is 9.59 Å². The minimum atomic E-state index is -0.818. The van der Waals surface area contributed by atoms with Crippen LogP contribution in [0.2, 0.25) is 0 Å². The molecule has 0 bridgehead atoms. The predicted octanol–water partition coefficient (Wildman–Crippen LogP) is 1.26. The van der Waals surface area contributed by atoms with E-state index in [9.17, 15) is 9.59 Å². The van der Waals surface area contributed by atoms with Crippen molar-refractivity contribution >= 4 is 17.7 Å². The first-order valence-electron chi connectivity index (χ1n) is 5.29. The van der Waals surface area contributed by atoms with Crippen molar-refractivity contribution in [1.29, 1.82) is 5.26 Å². The van der Waals surface area contributed by atoms with Gasteiger partial charge in [-0.3, -0.25) is 0 Å². The number of para-hydroxylation sites is 1. The molecular weight excluding hydrogens is 234 g/mol. The number of hydrogen-bond donors (Lipinski definition) is 2. The number of rotatable bonds is 4. The normalized spacial score (nSPS) is 10.9. The minimum absolute atomic E-state index is 0.328. The summed E-state index contributed by atoms with van der Waals surface area (Å²) in [6.45, 7) is 1.15. The number of amides is 2. The van der Waals surface area contributed by atoms with Crippen molar-refractivity contribution < 1.29 is 14.3 Å². The zero-order valence-electron chi connectivity index (χ0n) is 9.84. The zero-order valence-corrected chi connectivity index (χ0v) is 9.84. The fraction of sp³-hybridized carbons (Fsp3) is 0.250. The molecule has 6 heteroatoms. The van der Waals surface area contributed by atoms with Gasteiger partial charge in [0.2, 0.25) is 0 Å². The third kappa shape index (κ3) is 4.53. The third-order valence-corrected chi connectivity index (χ3v) is 2.01. The Labute approximate surface area is 105 Å². The molecule has 94 valence electrons. The average Bonchev–Trinajstić information content (AvgIpc) is 2.36. The molecule has 0 aliphatic heterocycles. The number of hydrogen-bond acceptors (Lipinski definition) is 4. The van der Waals surface area contributed by atoms with Crippen LogP contribution >= 0.6 is 0 Å². The fourth-order valence-corrected chi connectivity index (χ4v) is 1.17. The van der Waals surface area contributed by atoms with E-state index in [1.54, 1.807) is 30.3 Å². The van der Waals surface area contributed by atoms with Gasteiger partial charge in [-0.1, -0.05) is 18.2 Å². The molecule has 1 rings (SSSR count). The second kappa shape index (κ2) is 6.91. The summed E-state index contributed by atoms with van der Waals surface area (Å²) in [5.41, 5.74) is 0.618. The summed E-state index contributed by atoms with van der Waals surface area (Å²) in [7, 11) is 0. The topological polar surface area (TPSA) is 91.2 Å². The molecule has 0 fully saturated rings. The number of esters is 1. The van der Waals surface area contributed by atoms with Crippen molar-refractivity contribution in [3.05, 3.63) is 30.3 Å². The molecule has 0 aliphatic rings. The van der Waals surface area contributed by atoms with Crippen LogP contribution in [0.3, 0.4) is 0 Å². The number of nitrogens with zero attached hydrogens (tertiary/aromatic N) is 1. The standard InChI is InChI=1S/C12H13N3O3/c1-9(11(16)18-8-7-13)14-12(17)15-10-5-3-2-4-6-10/h2-6,9H,8H2,1H3,(H2,14,15,17)/t9-/m0/s1. The van der Waals surface area contributed by atoms with Crippen LogP contribution in [0.5, 0.6) is 0 Å². The maximum absolute atomic E-state index is 11.5. The molecule has 0 radical (unpaired) electrons. The highest BCUT2D eigenvalue weighted by molar-refractivity contribution is 5.92. The lowest BCUT2D eigenvalue weighted by Gasteiger charge is -2.12. The van der Waals surface area contributed by atoms with Gasteiger partial charge in [-0.15, -0.1) is 0 Å². The van der Waals surface area contributed by atoms with Crippen molar-refractivity contribution in [2.75, 3.05) is 11.9 Å². The van der Waals surface area contributed by atoms with Crippen molar-refractivity contribution in [3.8, 4) is 6.07 Å². The molecule has 0 unspecified atom stereocenters. The van der Waals surface area contributed by atoms with Gasteiger partial charge in [0.1, 0.15) is 12.1 Å². The molecular formula is C12H13N3O3. The summed E-state index contributed by atoms with van der Waals surface area (Å²) >= 11 is 0. The fourth-order valence-electron chi connectivity index (χ4n) is 1.17. The van der Waals surface area contributed by atoms with Crippen molar-refractivity contribution in [2.45, 2.75) is 13.0 Å². The molecule has 6 nitrogen and oxygen atoms in total.